The molecule has 0 aliphatic heterocycles. The first kappa shape index (κ1) is 25.1. The summed E-state index contributed by atoms with van der Waals surface area (Å²) in [5.74, 6) is 1.29. The van der Waals surface area contributed by atoms with Gasteiger partial charge in [0.05, 0.1) is 19.3 Å². The summed E-state index contributed by atoms with van der Waals surface area (Å²) < 4.78 is 5.47. The molecule has 0 unspecified atom stereocenters. The van der Waals surface area contributed by atoms with E-state index in [0.29, 0.717) is 18.8 Å². The summed E-state index contributed by atoms with van der Waals surface area (Å²) in [5.41, 5.74) is 0. The van der Waals surface area contributed by atoms with E-state index in [0.717, 1.165) is 42.1 Å². The van der Waals surface area contributed by atoms with Crippen molar-refractivity contribution in [1.29, 1.82) is 0 Å². The zero-order valence-electron chi connectivity index (χ0n) is 17.6. The molecule has 0 saturated heterocycles. The lowest BCUT2D eigenvalue weighted by Gasteiger charge is -2.17. The molecule has 0 aromatic carbocycles. The fourth-order valence-corrected chi connectivity index (χ4v) is 4.82. The van der Waals surface area contributed by atoms with Gasteiger partial charge in [0, 0.05) is 23.7 Å². The van der Waals surface area contributed by atoms with Gasteiger partial charge in [-0.25, -0.2) is 0 Å². The fraction of sp³-hybridized carbons (Fsp3) is 0.773. The van der Waals surface area contributed by atoms with E-state index in [1.54, 1.807) is 18.9 Å². The van der Waals surface area contributed by atoms with Crippen LogP contribution in [0.1, 0.15) is 71.6 Å². The van der Waals surface area contributed by atoms with Gasteiger partial charge in [-0.05, 0) is 30.9 Å². The molecule has 0 spiro atoms. The molecule has 1 aliphatic rings. The summed E-state index contributed by atoms with van der Waals surface area (Å²) in [7, 11) is 1.63. The Balaban J connectivity index is 2.54. The zero-order chi connectivity index (χ0) is 20.9. The second kappa shape index (κ2) is 14.1. The van der Waals surface area contributed by atoms with Crippen molar-refractivity contribution in [2.24, 2.45) is 11.8 Å². The lowest BCUT2D eigenvalue weighted by atomic mass is 9.96. The van der Waals surface area contributed by atoms with Crippen molar-refractivity contribution >= 4 is 17.7 Å². The van der Waals surface area contributed by atoms with E-state index in [9.17, 15) is 15.0 Å². The Morgan fingerprint density at radius 2 is 2.07 bits per heavy atom. The topological polar surface area (TPSA) is 87.0 Å². The van der Waals surface area contributed by atoms with Gasteiger partial charge in [-0.2, -0.15) is 0 Å². The van der Waals surface area contributed by atoms with E-state index in [2.05, 4.69) is 13.8 Å². The molecular weight excluding hydrogens is 376 g/mol. The number of aliphatic carboxylic acids is 1. The van der Waals surface area contributed by atoms with Crippen molar-refractivity contribution in [1.82, 2.24) is 0 Å². The minimum Gasteiger partial charge on any atom is -0.500 e. The van der Waals surface area contributed by atoms with Crippen LogP contribution in [-0.2, 0) is 9.53 Å². The number of aliphatic hydroxyl groups is 2. The summed E-state index contributed by atoms with van der Waals surface area (Å²) in [6, 6.07) is 0. The Kier molecular flexibility index (Phi) is 12.6. The summed E-state index contributed by atoms with van der Waals surface area (Å²) in [6.45, 7) is 4.35. The normalized spacial score (nSPS) is 22.0. The number of methoxy groups -OCH3 is 1. The molecule has 0 heterocycles. The number of carboxylic acids is 1. The second-order valence-corrected chi connectivity index (χ2v) is 8.91. The molecule has 0 bridgehead atoms. The molecule has 3 N–H and O–H groups in total. The SMILES string of the molecule is CCCC[C@@H](C)C[C@H](O)/C=C/[C@@H]1C(SCCCCCC(=O)O)=C(OC)C[C@H]1O. The lowest BCUT2D eigenvalue weighted by Crippen LogP contribution is -2.15. The van der Waals surface area contributed by atoms with Crippen LogP contribution in [0, 0.1) is 11.8 Å². The predicted octanol–water partition coefficient (Wildman–Crippen LogP) is 4.74. The highest BCUT2D eigenvalue weighted by Gasteiger charge is 2.33. The van der Waals surface area contributed by atoms with Crippen molar-refractivity contribution in [3.8, 4) is 0 Å². The van der Waals surface area contributed by atoms with Crippen molar-refractivity contribution in [3.63, 3.8) is 0 Å². The number of ether oxygens (including phenoxy) is 1. The van der Waals surface area contributed by atoms with Gasteiger partial charge in [-0.3, -0.25) is 4.79 Å². The quantitative estimate of drug-likeness (QED) is 0.265. The highest BCUT2D eigenvalue weighted by molar-refractivity contribution is 8.03. The van der Waals surface area contributed by atoms with Crippen LogP contribution in [0.5, 0.6) is 0 Å². The summed E-state index contributed by atoms with van der Waals surface area (Å²) in [5, 5.41) is 29.5. The molecule has 1 aliphatic carbocycles. The third kappa shape index (κ3) is 9.48. The number of carboxylic acid groups (broad SMARTS) is 1. The highest BCUT2D eigenvalue weighted by Crippen LogP contribution is 2.41. The number of unbranched alkanes of at least 4 members (excludes halogenated alkanes) is 3. The maximum absolute atomic E-state index is 10.6. The van der Waals surface area contributed by atoms with Crippen molar-refractivity contribution in [2.45, 2.75) is 83.8 Å². The van der Waals surface area contributed by atoms with Crippen LogP contribution in [0.25, 0.3) is 0 Å². The molecule has 28 heavy (non-hydrogen) atoms. The van der Waals surface area contributed by atoms with E-state index >= 15 is 0 Å². The molecule has 6 heteroatoms. The van der Waals surface area contributed by atoms with Gasteiger partial charge < -0.3 is 20.1 Å². The van der Waals surface area contributed by atoms with Crippen LogP contribution in [0.4, 0.5) is 0 Å². The van der Waals surface area contributed by atoms with Gasteiger partial charge in [0.2, 0.25) is 0 Å². The van der Waals surface area contributed by atoms with E-state index in [1.807, 2.05) is 12.2 Å². The van der Waals surface area contributed by atoms with Gasteiger partial charge in [-0.15, -0.1) is 11.8 Å². The molecule has 4 atom stereocenters. The molecule has 162 valence electrons. The van der Waals surface area contributed by atoms with Gasteiger partial charge in [0.1, 0.15) is 5.76 Å². The van der Waals surface area contributed by atoms with Crippen LogP contribution >= 0.6 is 11.8 Å². The van der Waals surface area contributed by atoms with Gasteiger partial charge in [0.15, 0.2) is 0 Å². The van der Waals surface area contributed by atoms with Crippen molar-refractivity contribution in [2.75, 3.05) is 12.9 Å². The average molecular weight is 415 g/mol. The highest BCUT2D eigenvalue weighted by atomic mass is 32.2. The molecule has 0 aromatic rings. The van der Waals surface area contributed by atoms with E-state index < -0.39 is 18.2 Å². The molecule has 5 nitrogen and oxygen atoms in total. The van der Waals surface area contributed by atoms with Gasteiger partial charge in [0.25, 0.3) is 0 Å². The monoisotopic (exact) mass is 414 g/mol. The lowest BCUT2D eigenvalue weighted by molar-refractivity contribution is -0.137. The van der Waals surface area contributed by atoms with Crippen molar-refractivity contribution in [3.05, 3.63) is 22.8 Å². The molecule has 0 aromatic heterocycles. The summed E-state index contributed by atoms with van der Waals surface area (Å²) >= 11 is 1.68. The Bertz CT molecular complexity index is 517. The van der Waals surface area contributed by atoms with Gasteiger partial charge in [-0.1, -0.05) is 51.7 Å². The number of rotatable bonds is 15. The third-order valence-corrected chi connectivity index (χ3v) is 6.46. The summed E-state index contributed by atoms with van der Waals surface area (Å²) in [4.78, 5) is 11.6. The first-order valence-electron chi connectivity index (χ1n) is 10.5. The van der Waals surface area contributed by atoms with Crippen LogP contribution in [0.15, 0.2) is 22.8 Å². The van der Waals surface area contributed by atoms with Crippen molar-refractivity contribution < 1.29 is 24.9 Å². The fourth-order valence-electron chi connectivity index (χ4n) is 3.50. The first-order valence-corrected chi connectivity index (χ1v) is 11.5. The average Bonchev–Trinajstić information content (AvgIpc) is 2.95. The van der Waals surface area contributed by atoms with Crippen LogP contribution in [0.2, 0.25) is 0 Å². The molecule has 0 fully saturated rings. The number of carbonyl (C=O) groups is 1. The summed E-state index contributed by atoms with van der Waals surface area (Å²) in [6.07, 6.45) is 10.2. The Morgan fingerprint density at radius 1 is 1.32 bits per heavy atom. The van der Waals surface area contributed by atoms with Crippen LogP contribution < -0.4 is 0 Å². The number of thioether (sulfide) groups is 1. The van der Waals surface area contributed by atoms with Crippen LogP contribution in [0.3, 0.4) is 0 Å². The molecule has 0 radical (unpaired) electrons. The minimum atomic E-state index is -0.747. The molecule has 1 rings (SSSR count). The first-order chi connectivity index (χ1) is 13.4. The number of hydrogen-bond donors (Lipinski definition) is 3. The maximum atomic E-state index is 10.6. The Labute approximate surface area is 174 Å². The zero-order valence-corrected chi connectivity index (χ0v) is 18.4. The van der Waals surface area contributed by atoms with Gasteiger partial charge >= 0.3 is 5.97 Å². The third-order valence-electron chi connectivity index (χ3n) is 5.16. The molecular formula is C22H38O5S. The van der Waals surface area contributed by atoms with E-state index in [1.165, 1.54) is 12.8 Å². The largest absolute Gasteiger partial charge is 0.500 e. The number of hydrogen-bond acceptors (Lipinski definition) is 5. The van der Waals surface area contributed by atoms with E-state index in [-0.39, 0.29) is 12.3 Å². The van der Waals surface area contributed by atoms with E-state index in [4.69, 9.17) is 9.84 Å². The standard InChI is InChI=1S/C22H38O5S/c1-4-5-9-16(2)14-17(23)11-12-18-19(24)15-20(27-3)22(18)28-13-8-6-7-10-21(25)26/h11-12,16-19,23-24H,4-10,13-15H2,1-3H3,(H,25,26)/b12-11+/t16-,17-,18+,19-/m1/s1. The van der Waals surface area contributed by atoms with Crippen LogP contribution in [-0.4, -0.2) is 46.4 Å². The Morgan fingerprint density at radius 3 is 2.71 bits per heavy atom. The maximum Gasteiger partial charge on any atom is 0.303 e. The molecule has 0 saturated carbocycles. The number of aliphatic hydroxyl groups excluding tert-OH is 2. The molecule has 0 amide bonds. The predicted molar refractivity (Wildman–Crippen MR) is 115 cm³/mol. The minimum absolute atomic E-state index is 0.139. The smallest absolute Gasteiger partial charge is 0.303 e. The second-order valence-electron chi connectivity index (χ2n) is 7.78. The Hall–Kier alpha value is -0.980.